The van der Waals surface area contributed by atoms with Gasteiger partial charge in [-0.1, -0.05) is 37.4 Å². The predicted molar refractivity (Wildman–Crippen MR) is 69.8 cm³/mol. The highest BCUT2D eigenvalue weighted by Crippen LogP contribution is 2.19. The molecule has 0 saturated heterocycles. The minimum atomic E-state index is -1.14. The lowest BCUT2D eigenvalue weighted by molar-refractivity contribution is -0.139. The van der Waals surface area contributed by atoms with Gasteiger partial charge < -0.3 is 10.4 Å². The van der Waals surface area contributed by atoms with Crippen molar-refractivity contribution in [1.29, 1.82) is 0 Å². The fourth-order valence-electron chi connectivity index (χ4n) is 1.61. The highest BCUT2D eigenvalue weighted by molar-refractivity contribution is 6.33. The Morgan fingerprint density at radius 1 is 1.47 bits per heavy atom. The summed E-state index contributed by atoms with van der Waals surface area (Å²) in [5, 5.41) is 11.2. The summed E-state index contributed by atoms with van der Waals surface area (Å²) in [6, 6.07) is 2.81. The molecule has 0 bridgehead atoms. The van der Waals surface area contributed by atoms with Gasteiger partial charge in [0.25, 0.3) is 5.91 Å². The fraction of sp³-hybridized carbons (Fsp3) is 0.385. The van der Waals surface area contributed by atoms with Gasteiger partial charge in [0.1, 0.15) is 11.9 Å². The van der Waals surface area contributed by atoms with E-state index in [2.05, 4.69) is 5.32 Å². The van der Waals surface area contributed by atoms with Gasteiger partial charge in [-0.25, -0.2) is 9.18 Å². The van der Waals surface area contributed by atoms with Crippen molar-refractivity contribution < 1.29 is 19.1 Å². The van der Waals surface area contributed by atoms with Crippen LogP contribution in [0.1, 0.15) is 36.5 Å². The number of carboxylic acids is 1. The van der Waals surface area contributed by atoms with E-state index < -0.39 is 23.7 Å². The summed E-state index contributed by atoms with van der Waals surface area (Å²) in [6.45, 7) is 1.91. The molecule has 0 fully saturated rings. The maximum atomic E-state index is 13.5. The Kier molecular flexibility index (Phi) is 5.76. The van der Waals surface area contributed by atoms with Gasteiger partial charge in [-0.2, -0.15) is 0 Å². The minimum Gasteiger partial charge on any atom is -0.480 e. The van der Waals surface area contributed by atoms with Crippen LogP contribution < -0.4 is 5.32 Å². The highest BCUT2D eigenvalue weighted by atomic mass is 35.5. The van der Waals surface area contributed by atoms with Crippen molar-refractivity contribution >= 4 is 23.5 Å². The molecule has 1 aromatic rings. The van der Waals surface area contributed by atoms with Crippen molar-refractivity contribution in [3.63, 3.8) is 0 Å². The Morgan fingerprint density at radius 3 is 2.68 bits per heavy atom. The quantitative estimate of drug-likeness (QED) is 0.845. The zero-order valence-electron chi connectivity index (χ0n) is 10.5. The van der Waals surface area contributed by atoms with Gasteiger partial charge in [0.05, 0.1) is 10.6 Å². The SMILES string of the molecule is CCCCC(NC(=O)c1c(F)cccc1Cl)C(=O)O. The summed E-state index contributed by atoms with van der Waals surface area (Å²) in [7, 11) is 0. The standard InChI is InChI=1S/C13H15ClFNO3/c1-2-3-7-10(13(18)19)16-12(17)11-8(14)5-4-6-9(11)15/h4-6,10H,2-3,7H2,1H3,(H,16,17)(H,18,19). The minimum absolute atomic E-state index is 0.0443. The highest BCUT2D eigenvalue weighted by Gasteiger charge is 2.23. The molecule has 1 aromatic carbocycles. The molecule has 2 N–H and O–H groups in total. The van der Waals surface area contributed by atoms with Gasteiger partial charge in [-0.15, -0.1) is 0 Å². The molecule has 6 heteroatoms. The van der Waals surface area contributed by atoms with Crippen molar-refractivity contribution in [1.82, 2.24) is 5.32 Å². The maximum absolute atomic E-state index is 13.5. The molecule has 0 spiro atoms. The first-order valence-corrected chi connectivity index (χ1v) is 6.32. The summed E-state index contributed by atoms with van der Waals surface area (Å²) < 4.78 is 13.5. The maximum Gasteiger partial charge on any atom is 0.326 e. The topological polar surface area (TPSA) is 66.4 Å². The molecular weight excluding hydrogens is 273 g/mol. The Hall–Kier alpha value is -1.62. The van der Waals surface area contributed by atoms with Gasteiger partial charge >= 0.3 is 5.97 Å². The van der Waals surface area contributed by atoms with E-state index in [4.69, 9.17) is 16.7 Å². The lowest BCUT2D eigenvalue weighted by Crippen LogP contribution is -2.41. The van der Waals surface area contributed by atoms with Gasteiger partial charge in [-0.05, 0) is 18.6 Å². The molecule has 0 aliphatic rings. The summed E-state index contributed by atoms with van der Waals surface area (Å²) in [5.74, 6) is -2.73. The number of benzene rings is 1. The lowest BCUT2D eigenvalue weighted by atomic mass is 10.1. The first kappa shape index (κ1) is 15.4. The van der Waals surface area contributed by atoms with E-state index in [1.807, 2.05) is 6.92 Å². The van der Waals surface area contributed by atoms with E-state index in [-0.39, 0.29) is 10.6 Å². The number of unbranched alkanes of at least 4 members (excludes halogenated alkanes) is 1. The largest absolute Gasteiger partial charge is 0.480 e. The van der Waals surface area contributed by atoms with Crippen LogP contribution in [0.5, 0.6) is 0 Å². The Balaban J connectivity index is 2.85. The molecule has 0 aromatic heterocycles. The number of rotatable bonds is 6. The number of carboxylic acid groups (broad SMARTS) is 1. The van der Waals surface area contributed by atoms with Gasteiger partial charge in [0, 0.05) is 0 Å². The van der Waals surface area contributed by atoms with Crippen molar-refractivity contribution in [2.24, 2.45) is 0 Å². The second kappa shape index (κ2) is 7.09. The first-order valence-electron chi connectivity index (χ1n) is 5.95. The van der Waals surface area contributed by atoms with E-state index in [0.29, 0.717) is 12.8 Å². The van der Waals surface area contributed by atoms with Crippen LogP contribution in [0.15, 0.2) is 18.2 Å². The Morgan fingerprint density at radius 2 is 2.16 bits per heavy atom. The lowest BCUT2D eigenvalue weighted by Gasteiger charge is -2.14. The molecule has 1 rings (SSSR count). The number of halogens is 2. The fourth-order valence-corrected chi connectivity index (χ4v) is 1.86. The van der Waals surface area contributed by atoms with Crippen molar-refractivity contribution in [2.75, 3.05) is 0 Å². The number of carbonyl (C=O) groups is 2. The second-order valence-corrected chi connectivity index (χ2v) is 4.51. The Bertz CT molecular complexity index is 459. The van der Waals surface area contributed by atoms with Crippen LogP contribution in [0.3, 0.4) is 0 Å². The summed E-state index contributed by atoms with van der Waals surface area (Å²) in [4.78, 5) is 22.9. The number of carbonyl (C=O) groups excluding carboxylic acids is 1. The smallest absolute Gasteiger partial charge is 0.326 e. The monoisotopic (exact) mass is 287 g/mol. The van der Waals surface area contributed by atoms with Gasteiger partial charge in [-0.3, -0.25) is 4.79 Å². The molecular formula is C13H15ClFNO3. The zero-order valence-corrected chi connectivity index (χ0v) is 11.2. The average Bonchev–Trinajstić information content (AvgIpc) is 2.33. The predicted octanol–water partition coefficient (Wildman–Crippen LogP) is 2.85. The van der Waals surface area contributed by atoms with Crippen molar-refractivity contribution in [2.45, 2.75) is 32.2 Å². The Labute approximate surface area is 115 Å². The van der Waals surface area contributed by atoms with Crippen LogP contribution in [-0.2, 0) is 4.79 Å². The van der Waals surface area contributed by atoms with Crippen molar-refractivity contribution in [3.05, 3.63) is 34.6 Å². The molecule has 1 atom stereocenters. The molecule has 0 aliphatic heterocycles. The average molecular weight is 288 g/mol. The van der Waals surface area contributed by atoms with Gasteiger partial charge in [0.15, 0.2) is 0 Å². The number of hydrogen-bond acceptors (Lipinski definition) is 2. The normalized spacial score (nSPS) is 11.9. The molecule has 0 radical (unpaired) electrons. The molecule has 104 valence electrons. The van der Waals surface area contributed by atoms with Crippen LogP contribution in [0, 0.1) is 5.82 Å². The van der Waals surface area contributed by atoms with Gasteiger partial charge in [0.2, 0.25) is 0 Å². The van der Waals surface area contributed by atoms with Crippen LogP contribution in [0.2, 0.25) is 5.02 Å². The number of nitrogens with one attached hydrogen (secondary N) is 1. The molecule has 0 saturated carbocycles. The van der Waals surface area contributed by atoms with E-state index in [1.165, 1.54) is 12.1 Å². The summed E-state index contributed by atoms with van der Waals surface area (Å²) in [5.41, 5.74) is -0.327. The van der Waals surface area contributed by atoms with Crippen LogP contribution in [0.25, 0.3) is 0 Å². The van der Waals surface area contributed by atoms with E-state index in [1.54, 1.807) is 0 Å². The van der Waals surface area contributed by atoms with Crippen LogP contribution in [0.4, 0.5) is 4.39 Å². The molecule has 1 amide bonds. The number of amides is 1. The molecule has 19 heavy (non-hydrogen) atoms. The number of hydrogen-bond donors (Lipinski definition) is 2. The number of aliphatic carboxylic acids is 1. The first-order chi connectivity index (χ1) is 8.97. The molecule has 4 nitrogen and oxygen atoms in total. The van der Waals surface area contributed by atoms with Crippen LogP contribution >= 0.6 is 11.6 Å². The molecule has 0 aliphatic carbocycles. The van der Waals surface area contributed by atoms with E-state index in [9.17, 15) is 14.0 Å². The summed E-state index contributed by atoms with van der Waals surface area (Å²) in [6.07, 6.45) is 1.76. The summed E-state index contributed by atoms with van der Waals surface area (Å²) >= 11 is 5.74. The third kappa shape index (κ3) is 4.21. The molecule has 1 unspecified atom stereocenters. The van der Waals surface area contributed by atoms with Crippen molar-refractivity contribution in [3.8, 4) is 0 Å². The van der Waals surface area contributed by atoms with Crippen LogP contribution in [-0.4, -0.2) is 23.0 Å². The van der Waals surface area contributed by atoms with E-state index in [0.717, 1.165) is 12.5 Å². The molecule has 0 heterocycles. The second-order valence-electron chi connectivity index (χ2n) is 4.10. The third-order valence-corrected chi connectivity index (χ3v) is 2.95. The van der Waals surface area contributed by atoms with E-state index >= 15 is 0 Å². The third-order valence-electron chi connectivity index (χ3n) is 2.64. The zero-order chi connectivity index (χ0) is 14.4.